The van der Waals surface area contributed by atoms with Crippen LogP contribution in [0.5, 0.6) is 0 Å². The third kappa shape index (κ3) is 11.4. The predicted octanol–water partition coefficient (Wildman–Crippen LogP) is 4.52. The predicted molar refractivity (Wildman–Crippen MR) is 115 cm³/mol. The Morgan fingerprint density at radius 3 is 0.971 bits per heavy atom. The first-order valence-corrected chi connectivity index (χ1v) is 15.6. The molecule has 0 saturated carbocycles. The third-order valence-corrected chi connectivity index (χ3v) is 7.66. The number of quaternary nitrogens is 2. The van der Waals surface area contributed by atoms with E-state index in [4.69, 9.17) is 42.5 Å². The van der Waals surface area contributed by atoms with Crippen LogP contribution in [0, 0.1) is 0 Å². The summed E-state index contributed by atoms with van der Waals surface area (Å²) in [5.41, 5.74) is 0. The fourth-order valence-electron chi connectivity index (χ4n) is 2.63. The monoisotopic (exact) mass is 540 g/mol. The minimum atomic E-state index is -6.85. The van der Waals surface area contributed by atoms with Gasteiger partial charge in [-0.05, 0) is 0 Å². The van der Waals surface area contributed by atoms with Crippen LogP contribution in [0.2, 0.25) is 0 Å². The van der Waals surface area contributed by atoms with E-state index in [1.54, 1.807) is 41.5 Å². The molecule has 0 aromatic rings. The van der Waals surface area contributed by atoms with Gasteiger partial charge in [0.05, 0.1) is 0 Å². The minimum absolute atomic E-state index is 0.0158. The van der Waals surface area contributed by atoms with Gasteiger partial charge >= 0.3 is 207 Å². The SMILES string of the molecule is CCCC[O][Ti](=[O])([O]CCCC)([O][N+](OCC)(OCC)OCC)[O][N+](OCC)(OCC)OCC. The topological polar surface area (TPSA) is 109 Å². The van der Waals surface area contributed by atoms with Gasteiger partial charge in [-0.1, -0.05) is 0 Å². The van der Waals surface area contributed by atoms with Gasteiger partial charge < -0.3 is 0 Å². The van der Waals surface area contributed by atoms with Crippen LogP contribution in [0.25, 0.3) is 0 Å². The van der Waals surface area contributed by atoms with E-state index in [2.05, 4.69) is 0 Å². The molecule has 0 unspecified atom stereocenters. The number of nitrogens with zero attached hydrogens (tertiary/aromatic N) is 2. The van der Waals surface area contributed by atoms with Gasteiger partial charge in [0.15, 0.2) is 0 Å². The van der Waals surface area contributed by atoms with Crippen molar-refractivity contribution >= 4 is 0 Å². The van der Waals surface area contributed by atoms with Crippen molar-refractivity contribution in [1.29, 1.82) is 0 Å². The molecule has 0 bridgehead atoms. The zero-order valence-corrected chi connectivity index (χ0v) is 23.9. The molecule has 0 aromatic carbocycles. The molecule has 0 heterocycles. The number of hydrogen-bond donors (Lipinski definition) is 0. The number of unbranched alkanes of at least 4 members (excludes halogenated alkanes) is 2. The van der Waals surface area contributed by atoms with Gasteiger partial charge in [0, 0.05) is 0 Å². The van der Waals surface area contributed by atoms with Crippen LogP contribution >= 0.6 is 0 Å². The van der Waals surface area contributed by atoms with Crippen molar-refractivity contribution in [3.8, 4) is 0 Å². The molecule has 0 aliphatic heterocycles. The maximum atomic E-state index is 14.9. The summed E-state index contributed by atoms with van der Waals surface area (Å²) in [6.45, 7) is 14.5. The molecule has 13 nitrogen and oxygen atoms in total. The first-order valence-electron chi connectivity index (χ1n) is 12.4. The molecule has 0 radical (unpaired) electrons. The average molecular weight is 540 g/mol. The van der Waals surface area contributed by atoms with Crippen molar-refractivity contribution in [3.05, 3.63) is 0 Å². The molecule has 0 aliphatic rings. The summed E-state index contributed by atoms with van der Waals surface area (Å²) in [6, 6.07) is 0. The standard InChI is InChI=1S/2C6H15NO4.2C4H9O.O.Ti/c2*1-4-9-7(8,10-5-2)11-6-3;2*1-2-3-4-5;;/h2*4-6H2,1-3H3;2*2-4H2,1H3;;/q;;2*-1;;+4. The third-order valence-electron chi connectivity index (χ3n) is 3.92. The zero-order chi connectivity index (χ0) is 26.0. The summed E-state index contributed by atoms with van der Waals surface area (Å²) in [4.78, 5) is 33.5. The Labute approximate surface area is 206 Å². The molecule has 0 atom stereocenters. The molecule has 0 rings (SSSR count). The molecule has 0 amide bonds. The van der Waals surface area contributed by atoms with Crippen LogP contribution < -0.4 is 0 Å². The van der Waals surface area contributed by atoms with Crippen LogP contribution in [-0.4, -0.2) is 63.1 Å². The van der Waals surface area contributed by atoms with Crippen molar-refractivity contribution in [2.24, 2.45) is 0 Å². The fourth-order valence-corrected chi connectivity index (χ4v) is 6.26. The summed E-state index contributed by atoms with van der Waals surface area (Å²) in [6.07, 6.45) is 2.59. The molecule has 0 fully saturated rings. The van der Waals surface area contributed by atoms with Gasteiger partial charge in [-0.15, -0.1) is 0 Å². The molecule has 14 heteroatoms. The zero-order valence-electron chi connectivity index (χ0n) is 22.4. The van der Waals surface area contributed by atoms with Crippen LogP contribution in [0.1, 0.15) is 81.1 Å². The van der Waals surface area contributed by atoms with Crippen LogP contribution in [-0.2, 0) is 62.7 Å². The summed E-state index contributed by atoms with van der Waals surface area (Å²) in [7, 11) is 0. The second-order valence-corrected chi connectivity index (χ2v) is 10.9. The Bertz CT molecular complexity index is 501. The first kappa shape index (κ1) is 34.0. The average Bonchev–Trinajstić information content (AvgIpc) is 2.75. The van der Waals surface area contributed by atoms with Gasteiger partial charge in [0.1, 0.15) is 0 Å². The van der Waals surface area contributed by atoms with E-state index in [0.29, 0.717) is 12.8 Å². The van der Waals surface area contributed by atoms with E-state index in [0.717, 1.165) is 12.8 Å². The summed E-state index contributed by atoms with van der Waals surface area (Å²) in [5.74, 6) is 0. The van der Waals surface area contributed by atoms with E-state index < -0.39 is 27.1 Å². The summed E-state index contributed by atoms with van der Waals surface area (Å²) < 4.78 is 38.4. The first-order chi connectivity index (χ1) is 16.2. The molecular weight excluding hydrogens is 492 g/mol. The second kappa shape index (κ2) is 17.5. The molecule has 0 aliphatic carbocycles. The van der Waals surface area contributed by atoms with Gasteiger partial charge in [0.25, 0.3) is 0 Å². The van der Waals surface area contributed by atoms with Crippen molar-refractivity contribution in [2.75, 3.05) is 52.9 Å². The van der Waals surface area contributed by atoms with Crippen molar-refractivity contribution in [2.45, 2.75) is 81.1 Å². The second-order valence-electron chi connectivity index (χ2n) is 6.82. The number of rotatable bonds is 24. The van der Waals surface area contributed by atoms with Gasteiger partial charge in [-0.3, -0.25) is 0 Å². The van der Waals surface area contributed by atoms with Gasteiger partial charge in [0.2, 0.25) is 0 Å². The molecule has 0 spiro atoms. The van der Waals surface area contributed by atoms with Crippen LogP contribution in [0.15, 0.2) is 0 Å². The maximum absolute atomic E-state index is 14.9. The molecule has 0 N–H and O–H groups in total. The Hall–Kier alpha value is 0.0343. The molecule has 34 heavy (non-hydrogen) atoms. The Morgan fingerprint density at radius 1 is 0.500 bits per heavy atom. The van der Waals surface area contributed by atoms with Crippen LogP contribution in [0.4, 0.5) is 0 Å². The van der Waals surface area contributed by atoms with E-state index in [-0.39, 0.29) is 52.9 Å². The molecular formula is C20H48N2O11Ti+2. The van der Waals surface area contributed by atoms with Crippen molar-refractivity contribution in [3.63, 3.8) is 0 Å². The van der Waals surface area contributed by atoms with Crippen molar-refractivity contribution in [1.82, 2.24) is 0 Å². The molecule has 0 aromatic heterocycles. The van der Waals surface area contributed by atoms with Gasteiger partial charge in [-0.25, -0.2) is 0 Å². The van der Waals surface area contributed by atoms with E-state index in [9.17, 15) is 3.32 Å². The van der Waals surface area contributed by atoms with E-state index in [1.807, 2.05) is 13.8 Å². The summed E-state index contributed by atoms with van der Waals surface area (Å²) >= 11 is -6.85. The van der Waals surface area contributed by atoms with Crippen LogP contribution in [0.3, 0.4) is 0 Å². The Kier molecular flexibility index (Phi) is 17.5. The normalized spacial score (nSPS) is 13.6. The molecule has 206 valence electrons. The molecule has 0 saturated heterocycles. The van der Waals surface area contributed by atoms with E-state index >= 15 is 0 Å². The van der Waals surface area contributed by atoms with E-state index in [1.165, 1.54) is 0 Å². The number of hydrogen-bond acceptors (Lipinski definition) is 11. The Morgan fingerprint density at radius 2 is 0.765 bits per heavy atom. The summed E-state index contributed by atoms with van der Waals surface area (Å²) in [5, 5.41) is -2.79. The fraction of sp³-hybridized carbons (Fsp3) is 1.00. The van der Waals surface area contributed by atoms with Crippen molar-refractivity contribution < 1.29 is 72.9 Å². The quantitative estimate of drug-likeness (QED) is 0.0746. The Balaban J connectivity index is 6.79. The van der Waals surface area contributed by atoms with Gasteiger partial charge in [-0.2, -0.15) is 0 Å².